The van der Waals surface area contributed by atoms with E-state index in [4.69, 9.17) is 0 Å². The number of rotatable bonds is 2. The summed E-state index contributed by atoms with van der Waals surface area (Å²) in [5.74, 6) is 0.672. The average Bonchev–Trinajstić information content (AvgIpc) is 3.15. The molecule has 2 aliphatic rings. The van der Waals surface area contributed by atoms with Crippen molar-refractivity contribution in [2.45, 2.75) is 37.6 Å². The molecule has 2 atom stereocenters. The number of aryl methyl sites for hydroxylation is 1. The topological polar surface area (TPSA) is 50.2 Å². The lowest BCUT2D eigenvalue weighted by Crippen LogP contribution is -2.36. The van der Waals surface area contributed by atoms with Crippen LogP contribution >= 0.6 is 0 Å². The Morgan fingerprint density at radius 1 is 1.38 bits per heavy atom. The Hall–Kier alpha value is -2.09. The molecule has 1 amide bonds. The quantitative estimate of drug-likeness (QED) is 0.912. The van der Waals surface area contributed by atoms with Gasteiger partial charge in [0.1, 0.15) is 5.82 Å². The average molecular weight is 338 g/mol. The van der Waals surface area contributed by atoms with Gasteiger partial charge in [0.2, 0.25) is 5.91 Å². The van der Waals surface area contributed by atoms with Crippen molar-refractivity contribution in [2.24, 2.45) is 7.05 Å². The number of aromatic nitrogens is 2. The van der Waals surface area contributed by atoms with Gasteiger partial charge in [0.15, 0.2) is 0 Å². The van der Waals surface area contributed by atoms with Gasteiger partial charge in [-0.05, 0) is 31.2 Å². The monoisotopic (exact) mass is 338 g/mol. The molecule has 5 nitrogen and oxygen atoms in total. The molecule has 0 radical (unpaired) electrons. The molecule has 0 aliphatic carbocycles. The van der Waals surface area contributed by atoms with Gasteiger partial charge in [0.05, 0.1) is 23.1 Å². The number of nitrogens with one attached hydrogen (secondary N) is 1. The van der Waals surface area contributed by atoms with Crippen LogP contribution in [-0.4, -0.2) is 39.0 Å². The van der Waals surface area contributed by atoms with Crippen molar-refractivity contribution in [1.29, 1.82) is 0 Å². The highest BCUT2D eigenvalue weighted by atomic mass is 19.4. The number of alkyl halides is 3. The van der Waals surface area contributed by atoms with Crippen molar-refractivity contribution in [3.8, 4) is 0 Å². The Kier molecular flexibility index (Phi) is 3.35. The largest absolute Gasteiger partial charge is 0.416 e. The third kappa shape index (κ3) is 2.36. The minimum atomic E-state index is -4.39. The molecule has 1 N–H and O–H groups in total. The molecule has 3 heterocycles. The molecule has 0 spiro atoms. The van der Waals surface area contributed by atoms with Gasteiger partial charge in [0, 0.05) is 25.6 Å². The number of carbonyl (C=O) groups excluding carboxylic acids is 1. The summed E-state index contributed by atoms with van der Waals surface area (Å²) in [6.07, 6.45) is -3.01. The summed E-state index contributed by atoms with van der Waals surface area (Å²) in [7, 11) is 1.77. The second kappa shape index (κ2) is 5.20. The lowest BCUT2D eigenvalue weighted by atomic mass is 10.1. The molecule has 4 rings (SSSR count). The molecule has 8 heteroatoms. The third-order valence-electron chi connectivity index (χ3n) is 5.04. The van der Waals surface area contributed by atoms with Gasteiger partial charge in [-0.15, -0.1) is 0 Å². The molecule has 2 fully saturated rings. The number of benzene rings is 1. The molecule has 2 aromatic rings. The number of imidazole rings is 1. The van der Waals surface area contributed by atoms with Crippen molar-refractivity contribution in [2.75, 3.05) is 6.54 Å². The van der Waals surface area contributed by atoms with Crippen LogP contribution in [0.2, 0.25) is 0 Å². The smallest absolute Gasteiger partial charge is 0.331 e. The molecule has 24 heavy (non-hydrogen) atoms. The normalized spacial score (nSPS) is 24.2. The molecule has 0 unspecified atom stereocenters. The first-order chi connectivity index (χ1) is 11.3. The van der Waals surface area contributed by atoms with E-state index in [9.17, 15) is 18.0 Å². The van der Waals surface area contributed by atoms with E-state index in [0.29, 0.717) is 29.8 Å². The van der Waals surface area contributed by atoms with Crippen LogP contribution in [0.1, 0.15) is 24.2 Å². The number of likely N-dealkylation sites (tertiary alicyclic amines) is 1. The zero-order valence-corrected chi connectivity index (χ0v) is 13.1. The van der Waals surface area contributed by atoms with Crippen LogP contribution in [-0.2, 0) is 24.6 Å². The van der Waals surface area contributed by atoms with E-state index in [1.54, 1.807) is 16.5 Å². The zero-order chi connectivity index (χ0) is 17.1. The summed E-state index contributed by atoms with van der Waals surface area (Å²) >= 11 is 0. The van der Waals surface area contributed by atoms with E-state index in [0.717, 1.165) is 25.1 Å². The van der Waals surface area contributed by atoms with Crippen LogP contribution < -0.4 is 5.32 Å². The van der Waals surface area contributed by atoms with Gasteiger partial charge >= 0.3 is 6.18 Å². The van der Waals surface area contributed by atoms with Gasteiger partial charge in [0.25, 0.3) is 0 Å². The van der Waals surface area contributed by atoms with Crippen LogP contribution in [0.25, 0.3) is 11.0 Å². The Morgan fingerprint density at radius 2 is 2.17 bits per heavy atom. The zero-order valence-electron chi connectivity index (χ0n) is 13.1. The molecule has 1 aromatic carbocycles. The molecule has 2 saturated heterocycles. The highest BCUT2D eigenvalue weighted by molar-refractivity contribution is 5.81. The standard InChI is InChI=1S/C16H17F3N4O/c1-22-12-3-2-9(16(17,18)19)6-11(12)21-14(22)8-23-13-4-5-20-10(13)7-15(23)24/h2-3,6,10,13,20H,4-5,7-8H2,1H3/t10-,13-/m1/s1. The summed E-state index contributed by atoms with van der Waals surface area (Å²) in [6.45, 7) is 1.21. The van der Waals surface area contributed by atoms with Crippen LogP contribution in [0.3, 0.4) is 0 Å². The Labute approximate surface area is 136 Å². The fourth-order valence-corrected chi connectivity index (χ4v) is 3.75. The Bertz CT molecular complexity index is 813. The molecular formula is C16H17F3N4O. The van der Waals surface area contributed by atoms with Crippen molar-refractivity contribution in [1.82, 2.24) is 19.8 Å². The van der Waals surface area contributed by atoms with Crippen molar-refractivity contribution >= 4 is 16.9 Å². The summed E-state index contributed by atoms with van der Waals surface area (Å²) in [6, 6.07) is 3.89. The molecule has 1 aromatic heterocycles. The van der Waals surface area contributed by atoms with E-state index < -0.39 is 11.7 Å². The fraction of sp³-hybridized carbons (Fsp3) is 0.500. The summed E-state index contributed by atoms with van der Waals surface area (Å²) in [5.41, 5.74) is 0.220. The summed E-state index contributed by atoms with van der Waals surface area (Å²) in [4.78, 5) is 18.4. The van der Waals surface area contributed by atoms with Crippen LogP contribution in [0.15, 0.2) is 18.2 Å². The maximum absolute atomic E-state index is 12.9. The first-order valence-electron chi connectivity index (χ1n) is 7.90. The summed E-state index contributed by atoms with van der Waals surface area (Å²) < 4.78 is 40.3. The SMILES string of the molecule is Cn1c(CN2C(=O)C[C@H]3NCC[C@H]32)nc2cc(C(F)(F)F)ccc21. The lowest BCUT2D eigenvalue weighted by Gasteiger charge is -2.23. The number of amides is 1. The van der Waals surface area contributed by atoms with Crippen LogP contribution in [0.5, 0.6) is 0 Å². The van der Waals surface area contributed by atoms with E-state index in [2.05, 4.69) is 10.3 Å². The number of carbonyl (C=O) groups is 1. The van der Waals surface area contributed by atoms with Crippen LogP contribution in [0.4, 0.5) is 13.2 Å². The fourth-order valence-electron chi connectivity index (χ4n) is 3.75. The predicted molar refractivity (Wildman–Crippen MR) is 81.1 cm³/mol. The Balaban J connectivity index is 1.67. The molecule has 0 saturated carbocycles. The minimum absolute atomic E-state index is 0.0697. The number of fused-ring (bicyclic) bond motifs is 2. The maximum atomic E-state index is 12.9. The van der Waals surface area contributed by atoms with Crippen molar-refractivity contribution in [3.05, 3.63) is 29.6 Å². The number of halogens is 3. The second-order valence-electron chi connectivity index (χ2n) is 6.43. The predicted octanol–water partition coefficient (Wildman–Crippen LogP) is 2.05. The second-order valence-corrected chi connectivity index (χ2v) is 6.43. The third-order valence-corrected chi connectivity index (χ3v) is 5.04. The molecule has 0 bridgehead atoms. The summed E-state index contributed by atoms with van der Waals surface area (Å²) in [5, 5.41) is 3.32. The van der Waals surface area contributed by atoms with Crippen LogP contribution in [0, 0.1) is 0 Å². The number of hydrogen-bond donors (Lipinski definition) is 1. The van der Waals surface area contributed by atoms with E-state index in [-0.39, 0.29) is 18.0 Å². The highest BCUT2D eigenvalue weighted by Gasteiger charge is 2.42. The van der Waals surface area contributed by atoms with Gasteiger partial charge in [-0.25, -0.2) is 4.98 Å². The number of nitrogens with zero attached hydrogens (tertiary/aromatic N) is 3. The first kappa shape index (κ1) is 15.4. The lowest BCUT2D eigenvalue weighted by molar-refractivity contribution is -0.137. The number of hydrogen-bond acceptors (Lipinski definition) is 3. The minimum Gasteiger partial charge on any atom is -0.331 e. The molecular weight excluding hydrogens is 321 g/mol. The van der Waals surface area contributed by atoms with Crippen molar-refractivity contribution in [3.63, 3.8) is 0 Å². The molecule has 2 aliphatic heterocycles. The van der Waals surface area contributed by atoms with E-state index >= 15 is 0 Å². The maximum Gasteiger partial charge on any atom is 0.416 e. The Morgan fingerprint density at radius 3 is 2.92 bits per heavy atom. The first-order valence-corrected chi connectivity index (χ1v) is 7.90. The van der Waals surface area contributed by atoms with Gasteiger partial charge < -0.3 is 14.8 Å². The van der Waals surface area contributed by atoms with Gasteiger partial charge in [-0.2, -0.15) is 13.2 Å². The highest BCUT2D eigenvalue weighted by Crippen LogP contribution is 2.32. The van der Waals surface area contributed by atoms with Gasteiger partial charge in [-0.3, -0.25) is 4.79 Å². The molecule has 128 valence electrons. The van der Waals surface area contributed by atoms with Gasteiger partial charge in [-0.1, -0.05) is 0 Å². The van der Waals surface area contributed by atoms with Crippen molar-refractivity contribution < 1.29 is 18.0 Å². The van der Waals surface area contributed by atoms with E-state index in [1.165, 1.54) is 6.07 Å². The van der Waals surface area contributed by atoms with E-state index in [1.807, 2.05) is 0 Å².